The van der Waals surface area contributed by atoms with Crippen molar-refractivity contribution < 1.29 is 27.1 Å². The Hall–Kier alpha value is -3.89. The standard InChI is InChI=1S/C23H17F4N5O2/c24-14-8-15-16(32-10-29-9-17(32)21(28)30-15)7-13(14)22(33)31-5-1-2-18-20(31)12-4-3-11(23(25,26)27)6-19(12)34-18/h3-4,6-10,18,20H,1-2,5H2,(H2,28,30). The number of carbonyl (C=O) groups excluding carboxylic acids is 1. The van der Waals surface area contributed by atoms with Crippen LogP contribution in [0, 0.1) is 5.82 Å². The number of amides is 1. The number of hydrogen-bond donors (Lipinski definition) is 1. The lowest BCUT2D eigenvalue weighted by Gasteiger charge is -2.36. The number of hydrogen-bond acceptors (Lipinski definition) is 5. The monoisotopic (exact) mass is 471 g/mol. The van der Waals surface area contributed by atoms with Crippen molar-refractivity contribution in [1.29, 1.82) is 0 Å². The van der Waals surface area contributed by atoms with E-state index in [2.05, 4.69) is 9.97 Å². The van der Waals surface area contributed by atoms with Crippen LogP contribution < -0.4 is 10.5 Å². The molecule has 0 aliphatic carbocycles. The molecule has 0 bridgehead atoms. The fourth-order valence-electron chi connectivity index (χ4n) is 4.92. The smallest absolute Gasteiger partial charge is 0.416 e. The highest BCUT2D eigenvalue weighted by atomic mass is 19.4. The van der Waals surface area contributed by atoms with Gasteiger partial charge < -0.3 is 15.4 Å². The number of anilines is 1. The average Bonchev–Trinajstić information content (AvgIpc) is 3.42. The Morgan fingerprint density at radius 3 is 2.79 bits per heavy atom. The maximum atomic E-state index is 15.1. The maximum Gasteiger partial charge on any atom is 0.416 e. The molecule has 4 heterocycles. The van der Waals surface area contributed by atoms with Crippen molar-refractivity contribution in [3.63, 3.8) is 0 Å². The zero-order valence-electron chi connectivity index (χ0n) is 17.5. The molecule has 1 amide bonds. The molecular formula is C23H17F4N5O2. The van der Waals surface area contributed by atoms with Crippen molar-refractivity contribution in [3.8, 4) is 5.75 Å². The number of piperidine rings is 1. The number of rotatable bonds is 1. The van der Waals surface area contributed by atoms with E-state index in [9.17, 15) is 18.0 Å². The van der Waals surface area contributed by atoms with E-state index in [1.54, 1.807) is 4.40 Å². The quantitative estimate of drug-likeness (QED) is 0.417. The second kappa shape index (κ2) is 7.05. The minimum absolute atomic E-state index is 0.100. The molecule has 2 aromatic heterocycles. The second-order valence-electron chi connectivity index (χ2n) is 8.46. The molecule has 11 heteroatoms. The molecule has 174 valence electrons. The minimum Gasteiger partial charge on any atom is -0.488 e. The molecule has 1 saturated heterocycles. The van der Waals surface area contributed by atoms with Gasteiger partial charge in [0.05, 0.1) is 40.7 Å². The van der Waals surface area contributed by atoms with E-state index >= 15 is 4.39 Å². The number of ether oxygens (including phenoxy) is 1. The Morgan fingerprint density at radius 2 is 2.00 bits per heavy atom. The summed E-state index contributed by atoms with van der Waals surface area (Å²) in [5, 5.41) is 0. The molecule has 2 N–H and O–H groups in total. The van der Waals surface area contributed by atoms with Crippen molar-refractivity contribution in [3.05, 3.63) is 65.4 Å². The van der Waals surface area contributed by atoms with Gasteiger partial charge in [0.15, 0.2) is 0 Å². The third kappa shape index (κ3) is 2.99. The third-order valence-electron chi connectivity index (χ3n) is 6.47. The normalized spacial score (nSPS) is 19.8. The molecule has 0 saturated carbocycles. The first-order chi connectivity index (χ1) is 16.2. The lowest BCUT2D eigenvalue weighted by atomic mass is 9.93. The number of fused-ring (bicyclic) bond motifs is 6. The van der Waals surface area contributed by atoms with Gasteiger partial charge in [-0.3, -0.25) is 9.20 Å². The van der Waals surface area contributed by atoms with Crippen LogP contribution in [0.1, 0.15) is 40.4 Å². The van der Waals surface area contributed by atoms with Crippen LogP contribution in [-0.4, -0.2) is 37.8 Å². The summed E-state index contributed by atoms with van der Waals surface area (Å²) in [6.45, 7) is 0.321. The Labute approximate surface area is 189 Å². The van der Waals surface area contributed by atoms with Crippen LogP contribution in [0.5, 0.6) is 5.75 Å². The zero-order chi connectivity index (χ0) is 23.8. The van der Waals surface area contributed by atoms with E-state index in [4.69, 9.17) is 10.5 Å². The topological polar surface area (TPSA) is 85.8 Å². The zero-order valence-corrected chi connectivity index (χ0v) is 17.5. The molecule has 2 aromatic carbocycles. The number of alkyl halides is 3. The summed E-state index contributed by atoms with van der Waals surface area (Å²) < 4.78 is 62.0. The Kier molecular flexibility index (Phi) is 4.29. The molecule has 7 nitrogen and oxygen atoms in total. The molecule has 2 aliphatic rings. The first kappa shape index (κ1) is 20.7. The molecule has 2 atom stereocenters. The van der Waals surface area contributed by atoms with Crippen molar-refractivity contribution in [1.82, 2.24) is 19.3 Å². The molecule has 0 spiro atoms. The number of likely N-dealkylation sites (tertiary alicyclic amines) is 1. The number of halogens is 4. The van der Waals surface area contributed by atoms with Crippen molar-refractivity contribution in [2.24, 2.45) is 0 Å². The summed E-state index contributed by atoms with van der Waals surface area (Å²) in [4.78, 5) is 23.3. The van der Waals surface area contributed by atoms with Crippen LogP contribution in [0.3, 0.4) is 0 Å². The van der Waals surface area contributed by atoms with Gasteiger partial charge in [-0.25, -0.2) is 14.4 Å². The van der Waals surface area contributed by atoms with Gasteiger partial charge in [0.1, 0.15) is 29.0 Å². The number of nitrogens with zero attached hydrogens (tertiary/aromatic N) is 4. The second-order valence-corrected chi connectivity index (χ2v) is 8.46. The van der Waals surface area contributed by atoms with Crippen LogP contribution in [0.2, 0.25) is 0 Å². The molecule has 6 rings (SSSR count). The predicted molar refractivity (Wildman–Crippen MR) is 114 cm³/mol. The highest BCUT2D eigenvalue weighted by Gasteiger charge is 2.44. The Balaban J connectivity index is 1.43. The summed E-state index contributed by atoms with van der Waals surface area (Å²) in [5.74, 6) is -1.06. The van der Waals surface area contributed by atoms with Crippen molar-refractivity contribution >= 4 is 28.3 Å². The van der Waals surface area contributed by atoms with Crippen LogP contribution in [0.25, 0.3) is 16.6 Å². The molecule has 0 radical (unpaired) electrons. The number of benzene rings is 2. The van der Waals surface area contributed by atoms with E-state index in [1.807, 2.05) is 0 Å². The predicted octanol–water partition coefficient (Wildman–Crippen LogP) is 4.36. The Morgan fingerprint density at radius 1 is 1.18 bits per heavy atom. The summed E-state index contributed by atoms with van der Waals surface area (Å²) >= 11 is 0. The van der Waals surface area contributed by atoms with Gasteiger partial charge in [0, 0.05) is 18.2 Å². The van der Waals surface area contributed by atoms with Gasteiger partial charge >= 0.3 is 6.18 Å². The highest BCUT2D eigenvalue weighted by Crippen LogP contribution is 2.47. The lowest BCUT2D eigenvalue weighted by Crippen LogP contribution is -2.44. The van der Waals surface area contributed by atoms with E-state index < -0.39 is 35.6 Å². The summed E-state index contributed by atoms with van der Waals surface area (Å²) in [6.07, 6.45) is -0.842. The number of carbonyl (C=O) groups is 1. The number of nitrogens with two attached hydrogens (primary N) is 1. The minimum atomic E-state index is -4.51. The van der Waals surface area contributed by atoms with Crippen LogP contribution in [0.4, 0.5) is 23.4 Å². The van der Waals surface area contributed by atoms with Gasteiger partial charge in [-0.2, -0.15) is 13.2 Å². The first-order valence-electron chi connectivity index (χ1n) is 10.6. The van der Waals surface area contributed by atoms with Crippen LogP contribution in [-0.2, 0) is 6.18 Å². The first-order valence-corrected chi connectivity index (χ1v) is 10.6. The van der Waals surface area contributed by atoms with E-state index in [0.717, 1.165) is 18.2 Å². The number of nitrogen functional groups attached to an aromatic ring is 1. The SMILES string of the molecule is Nc1nc2cc(F)c(C(=O)N3CCCC4Oc5cc(C(F)(F)F)ccc5C43)cc2n2cncc12. The largest absolute Gasteiger partial charge is 0.488 e. The molecular weight excluding hydrogens is 454 g/mol. The fourth-order valence-corrected chi connectivity index (χ4v) is 4.92. The molecule has 2 unspecified atom stereocenters. The van der Waals surface area contributed by atoms with E-state index in [1.165, 1.54) is 29.6 Å². The maximum absolute atomic E-state index is 15.1. The highest BCUT2D eigenvalue weighted by molar-refractivity contribution is 5.99. The molecule has 1 fully saturated rings. The van der Waals surface area contributed by atoms with Gasteiger partial charge in [-0.1, -0.05) is 6.07 Å². The van der Waals surface area contributed by atoms with Gasteiger partial charge in [0.25, 0.3) is 5.91 Å². The van der Waals surface area contributed by atoms with Gasteiger partial charge in [-0.15, -0.1) is 0 Å². The van der Waals surface area contributed by atoms with Crippen molar-refractivity contribution in [2.75, 3.05) is 12.3 Å². The van der Waals surface area contributed by atoms with E-state index in [-0.39, 0.29) is 22.6 Å². The average molecular weight is 471 g/mol. The van der Waals surface area contributed by atoms with Gasteiger partial charge in [-0.05, 0) is 31.0 Å². The number of imidazole rings is 1. The fraction of sp³-hybridized carbons (Fsp3) is 0.261. The summed E-state index contributed by atoms with van der Waals surface area (Å²) in [7, 11) is 0. The lowest BCUT2D eigenvalue weighted by molar-refractivity contribution is -0.137. The third-order valence-corrected chi connectivity index (χ3v) is 6.47. The molecule has 2 aliphatic heterocycles. The number of aromatic nitrogens is 3. The molecule has 34 heavy (non-hydrogen) atoms. The van der Waals surface area contributed by atoms with E-state index in [0.29, 0.717) is 36.0 Å². The van der Waals surface area contributed by atoms with Crippen molar-refractivity contribution in [2.45, 2.75) is 31.2 Å². The summed E-state index contributed by atoms with van der Waals surface area (Å²) in [6, 6.07) is 5.22. The summed E-state index contributed by atoms with van der Waals surface area (Å²) in [5.41, 5.74) is 6.66. The Bertz CT molecular complexity index is 1480. The molecule has 4 aromatic rings. The van der Waals surface area contributed by atoms with Crippen LogP contribution in [0.15, 0.2) is 42.9 Å². The van der Waals surface area contributed by atoms with Crippen LogP contribution >= 0.6 is 0 Å². The van der Waals surface area contributed by atoms with Gasteiger partial charge in [0.2, 0.25) is 0 Å².